The summed E-state index contributed by atoms with van der Waals surface area (Å²) >= 11 is 0. The van der Waals surface area contributed by atoms with Crippen LogP contribution < -0.4 is 4.74 Å². The summed E-state index contributed by atoms with van der Waals surface area (Å²) in [5, 5.41) is 21.2. The molecule has 152 valence electrons. The molecule has 1 aromatic rings. The fourth-order valence-corrected chi connectivity index (χ4v) is 4.86. The van der Waals surface area contributed by atoms with Gasteiger partial charge in [-0.15, -0.1) is 0 Å². The number of aldehydes is 2. The fraction of sp³-hybridized carbons (Fsp3) is 0.565. The Bertz CT molecular complexity index is 823. The highest BCUT2D eigenvalue weighted by Gasteiger charge is 2.50. The number of hydrogen-bond donors (Lipinski definition) is 2. The number of aromatic hydroxyl groups is 2. The van der Waals surface area contributed by atoms with Crippen molar-refractivity contribution in [3.05, 3.63) is 28.8 Å². The average Bonchev–Trinajstić information content (AvgIpc) is 2.60. The Morgan fingerprint density at radius 1 is 1.14 bits per heavy atom. The molecule has 0 saturated heterocycles. The summed E-state index contributed by atoms with van der Waals surface area (Å²) in [6.07, 6.45) is 6.83. The van der Waals surface area contributed by atoms with Crippen molar-refractivity contribution in [2.75, 3.05) is 0 Å². The van der Waals surface area contributed by atoms with Gasteiger partial charge in [0.15, 0.2) is 12.6 Å². The third kappa shape index (κ3) is 3.11. The maximum atomic E-state index is 11.8. The van der Waals surface area contributed by atoms with Gasteiger partial charge in [-0.05, 0) is 49.5 Å². The lowest BCUT2D eigenvalue weighted by atomic mass is 9.63. The first kappa shape index (κ1) is 20.4. The molecule has 2 N–H and O–H groups in total. The fourth-order valence-electron chi connectivity index (χ4n) is 4.86. The SMILES string of the molecule is CC(C)C[C@H]1c2c(O)c(C=O)c(O)c(C=O)c2O[C@@]2(C)C=C[C@@H](C(C)C)C[C@@H]12. The van der Waals surface area contributed by atoms with Crippen molar-refractivity contribution in [3.63, 3.8) is 0 Å². The molecule has 0 unspecified atom stereocenters. The molecule has 28 heavy (non-hydrogen) atoms. The van der Waals surface area contributed by atoms with E-state index >= 15 is 0 Å². The molecule has 1 heterocycles. The molecule has 0 bridgehead atoms. The molecule has 4 atom stereocenters. The standard InChI is InChI=1S/C23H30O5/c1-12(2)8-15-18-9-14(13(3)4)6-7-23(18,5)28-22-17(11-25)20(26)16(10-24)21(27)19(15)22/h6-7,10-15,18,26-27H,8-9H2,1-5H3/t14-,15-,18+,23+/m1/s1. The Labute approximate surface area is 166 Å². The van der Waals surface area contributed by atoms with Crippen molar-refractivity contribution >= 4 is 12.6 Å². The van der Waals surface area contributed by atoms with E-state index < -0.39 is 11.4 Å². The predicted molar refractivity (Wildman–Crippen MR) is 107 cm³/mol. The van der Waals surface area contributed by atoms with Gasteiger partial charge in [-0.2, -0.15) is 0 Å². The minimum atomic E-state index is -0.642. The average molecular weight is 386 g/mol. The second-order valence-corrected chi connectivity index (χ2v) is 9.13. The minimum Gasteiger partial charge on any atom is -0.507 e. The van der Waals surface area contributed by atoms with Crippen molar-refractivity contribution in [1.29, 1.82) is 0 Å². The lowest BCUT2D eigenvalue weighted by molar-refractivity contribution is 0.00795. The van der Waals surface area contributed by atoms with Crippen LogP contribution in [0.15, 0.2) is 12.2 Å². The van der Waals surface area contributed by atoms with Gasteiger partial charge in [0, 0.05) is 11.5 Å². The predicted octanol–water partition coefficient (Wildman–Crippen LogP) is 4.85. The number of ether oxygens (including phenoxy) is 1. The Morgan fingerprint density at radius 2 is 1.79 bits per heavy atom. The van der Waals surface area contributed by atoms with Crippen molar-refractivity contribution < 1.29 is 24.5 Å². The lowest BCUT2D eigenvalue weighted by Gasteiger charge is -2.50. The van der Waals surface area contributed by atoms with Crippen LogP contribution in [-0.2, 0) is 0 Å². The van der Waals surface area contributed by atoms with Crippen LogP contribution in [0.5, 0.6) is 17.2 Å². The molecule has 0 saturated carbocycles. The number of hydrogen-bond acceptors (Lipinski definition) is 5. The van der Waals surface area contributed by atoms with E-state index in [0.29, 0.717) is 35.9 Å². The van der Waals surface area contributed by atoms with Crippen LogP contribution in [0.2, 0.25) is 0 Å². The molecule has 0 radical (unpaired) electrons. The van der Waals surface area contributed by atoms with E-state index in [1.165, 1.54) is 0 Å². The molecule has 1 aromatic carbocycles. The van der Waals surface area contributed by atoms with Gasteiger partial charge in [0.25, 0.3) is 0 Å². The van der Waals surface area contributed by atoms with Crippen molar-refractivity contribution in [1.82, 2.24) is 0 Å². The van der Waals surface area contributed by atoms with Gasteiger partial charge in [0.2, 0.25) is 0 Å². The highest BCUT2D eigenvalue weighted by molar-refractivity contribution is 5.95. The third-order valence-corrected chi connectivity index (χ3v) is 6.44. The van der Waals surface area contributed by atoms with E-state index in [9.17, 15) is 19.8 Å². The number of benzene rings is 1. The molecule has 0 spiro atoms. The zero-order valence-electron chi connectivity index (χ0n) is 17.2. The van der Waals surface area contributed by atoms with Crippen molar-refractivity contribution in [2.45, 2.75) is 59.0 Å². The van der Waals surface area contributed by atoms with Crippen LogP contribution >= 0.6 is 0 Å². The number of allylic oxidation sites excluding steroid dienone is 1. The van der Waals surface area contributed by atoms with Crippen LogP contribution in [0.3, 0.4) is 0 Å². The number of rotatable bonds is 5. The van der Waals surface area contributed by atoms with Crippen LogP contribution in [0.4, 0.5) is 0 Å². The highest BCUT2D eigenvalue weighted by atomic mass is 16.5. The summed E-state index contributed by atoms with van der Waals surface area (Å²) < 4.78 is 6.29. The molecule has 5 heteroatoms. The van der Waals surface area contributed by atoms with Crippen LogP contribution in [0, 0.1) is 23.7 Å². The van der Waals surface area contributed by atoms with E-state index in [4.69, 9.17) is 4.74 Å². The quantitative estimate of drug-likeness (QED) is 0.558. The Kier molecular flexibility index (Phi) is 5.30. The van der Waals surface area contributed by atoms with Crippen molar-refractivity contribution in [2.24, 2.45) is 23.7 Å². The Balaban J connectivity index is 2.28. The molecule has 3 rings (SSSR count). The summed E-state index contributed by atoms with van der Waals surface area (Å²) in [5.41, 5.74) is -0.468. The lowest BCUT2D eigenvalue weighted by Crippen LogP contribution is -2.49. The molecule has 5 nitrogen and oxygen atoms in total. The van der Waals surface area contributed by atoms with E-state index in [1.54, 1.807) is 0 Å². The maximum Gasteiger partial charge on any atom is 0.157 e. The summed E-state index contributed by atoms with van der Waals surface area (Å²) in [6, 6.07) is 0. The molecule has 1 aliphatic carbocycles. The summed E-state index contributed by atoms with van der Waals surface area (Å²) in [7, 11) is 0. The number of carbonyl (C=O) groups excluding carboxylic acids is 2. The first-order chi connectivity index (χ1) is 13.1. The van der Waals surface area contributed by atoms with Crippen LogP contribution in [0.25, 0.3) is 0 Å². The Morgan fingerprint density at radius 3 is 2.32 bits per heavy atom. The molecule has 1 aliphatic heterocycles. The van der Waals surface area contributed by atoms with E-state index in [2.05, 4.69) is 39.8 Å². The van der Waals surface area contributed by atoms with Gasteiger partial charge in [0.1, 0.15) is 22.8 Å². The summed E-state index contributed by atoms with van der Waals surface area (Å²) in [6.45, 7) is 10.6. The van der Waals surface area contributed by atoms with Crippen LogP contribution in [0.1, 0.15) is 79.7 Å². The monoisotopic (exact) mass is 386 g/mol. The molecule has 2 aliphatic rings. The van der Waals surface area contributed by atoms with Gasteiger partial charge < -0.3 is 14.9 Å². The second kappa shape index (κ2) is 7.26. The molecule has 0 amide bonds. The van der Waals surface area contributed by atoms with Gasteiger partial charge in [-0.1, -0.05) is 33.8 Å². The third-order valence-electron chi connectivity index (χ3n) is 6.44. The minimum absolute atomic E-state index is 0.0669. The highest BCUT2D eigenvalue weighted by Crippen LogP contribution is 2.58. The van der Waals surface area contributed by atoms with E-state index in [-0.39, 0.29) is 34.5 Å². The first-order valence-electron chi connectivity index (χ1n) is 10.0. The van der Waals surface area contributed by atoms with Gasteiger partial charge in [-0.25, -0.2) is 0 Å². The smallest absolute Gasteiger partial charge is 0.157 e. The Hall–Kier alpha value is -2.30. The zero-order valence-corrected chi connectivity index (χ0v) is 17.2. The molecule has 0 fully saturated rings. The summed E-state index contributed by atoms with van der Waals surface area (Å²) in [4.78, 5) is 23.3. The number of carbonyl (C=O) groups is 2. The van der Waals surface area contributed by atoms with Gasteiger partial charge in [-0.3, -0.25) is 9.59 Å². The van der Waals surface area contributed by atoms with Gasteiger partial charge in [0.05, 0.1) is 11.1 Å². The maximum absolute atomic E-state index is 11.8. The molecular formula is C23H30O5. The van der Waals surface area contributed by atoms with Crippen molar-refractivity contribution in [3.8, 4) is 17.2 Å². The van der Waals surface area contributed by atoms with E-state index in [1.807, 2.05) is 6.92 Å². The largest absolute Gasteiger partial charge is 0.507 e. The normalized spacial score (nSPS) is 28.6. The first-order valence-corrected chi connectivity index (χ1v) is 10.0. The molecular weight excluding hydrogens is 356 g/mol. The number of phenols is 2. The summed E-state index contributed by atoms with van der Waals surface area (Å²) in [5.74, 6) is 0.638. The topological polar surface area (TPSA) is 83.8 Å². The number of fused-ring (bicyclic) bond motifs is 2. The van der Waals surface area contributed by atoms with Gasteiger partial charge >= 0.3 is 0 Å². The second-order valence-electron chi connectivity index (χ2n) is 9.13. The van der Waals surface area contributed by atoms with Crippen LogP contribution in [-0.4, -0.2) is 28.4 Å². The molecule has 0 aromatic heterocycles. The number of phenolic OH excluding ortho intramolecular Hbond substituents is 2. The zero-order chi connectivity index (χ0) is 20.8. The van der Waals surface area contributed by atoms with E-state index in [0.717, 1.165) is 12.8 Å².